The van der Waals surface area contributed by atoms with Crippen molar-refractivity contribution >= 4 is 10.9 Å². The molecule has 1 heterocycles. The van der Waals surface area contributed by atoms with E-state index in [2.05, 4.69) is 66.1 Å². The fourth-order valence-electron chi connectivity index (χ4n) is 2.33. The van der Waals surface area contributed by atoms with Crippen LogP contribution in [-0.2, 0) is 6.54 Å². The van der Waals surface area contributed by atoms with E-state index in [9.17, 15) is 0 Å². The number of hydrogen-bond acceptors (Lipinski definition) is 1. The Kier molecular flexibility index (Phi) is 3.08. The van der Waals surface area contributed by atoms with Gasteiger partial charge in [0.2, 0.25) is 0 Å². The van der Waals surface area contributed by atoms with Crippen LogP contribution < -0.4 is 0 Å². The molecule has 0 atom stereocenters. The lowest BCUT2D eigenvalue weighted by molar-refractivity contribution is 0.711. The SMILES string of the molecule is CC(C)c1ccc(Cn2ncc3ccccc32)cc1. The van der Waals surface area contributed by atoms with Crippen LogP contribution in [0.15, 0.2) is 54.7 Å². The number of aromatic nitrogens is 2. The monoisotopic (exact) mass is 250 g/mol. The van der Waals surface area contributed by atoms with E-state index in [1.165, 1.54) is 22.0 Å². The summed E-state index contributed by atoms with van der Waals surface area (Å²) in [5.41, 5.74) is 3.86. The number of para-hydroxylation sites is 1. The molecule has 3 aromatic rings. The van der Waals surface area contributed by atoms with Gasteiger partial charge in [0.25, 0.3) is 0 Å². The van der Waals surface area contributed by atoms with Gasteiger partial charge in [-0.05, 0) is 23.1 Å². The standard InChI is InChI=1S/C17H18N2/c1-13(2)15-9-7-14(8-10-15)12-19-17-6-4-3-5-16(17)11-18-19/h3-11,13H,12H2,1-2H3. The molecule has 0 aliphatic carbocycles. The maximum absolute atomic E-state index is 4.46. The minimum Gasteiger partial charge on any atom is -0.260 e. The third-order valence-corrected chi connectivity index (χ3v) is 3.53. The van der Waals surface area contributed by atoms with Crippen LogP contribution in [-0.4, -0.2) is 9.78 Å². The Balaban J connectivity index is 1.88. The summed E-state index contributed by atoms with van der Waals surface area (Å²) in [6.45, 7) is 5.26. The molecule has 3 rings (SSSR count). The Morgan fingerprint density at radius 2 is 1.74 bits per heavy atom. The van der Waals surface area contributed by atoms with Gasteiger partial charge >= 0.3 is 0 Å². The fourth-order valence-corrected chi connectivity index (χ4v) is 2.33. The van der Waals surface area contributed by atoms with Gasteiger partial charge in [0.1, 0.15) is 0 Å². The molecule has 2 aromatic carbocycles. The first-order chi connectivity index (χ1) is 9.24. The third kappa shape index (κ3) is 2.39. The lowest BCUT2D eigenvalue weighted by Crippen LogP contribution is -2.01. The molecular weight excluding hydrogens is 232 g/mol. The van der Waals surface area contributed by atoms with Crippen LogP contribution in [0.4, 0.5) is 0 Å². The second-order valence-corrected chi connectivity index (χ2v) is 5.26. The van der Waals surface area contributed by atoms with Gasteiger partial charge in [0.15, 0.2) is 0 Å². The Morgan fingerprint density at radius 1 is 1.00 bits per heavy atom. The van der Waals surface area contributed by atoms with E-state index in [-0.39, 0.29) is 0 Å². The molecule has 0 aliphatic heterocycles. The van der Waals surface area contributed by atoms with Crippen molar-refractivity contribution < 1.29 is 0 Å². The first-order valence-electron chi connectivity index (χ1n) is 6.73. The lowest BCUT2D eigenvalue weighted by Gasteiger charge is -2.08. The average Bonchev–Trinajstić information content (AvgIpc) is 2.83. The van der Waals surface area contributed by atoms with Gasteiger partial charge in [0, 0.05) is 5.39 Å². The Hall–Kier alpha value is -2.09. The summed E-state index contributed by atoms with van der Waals surface area (Å²) < 4.78 is 2.06. The molecule has 1 aromatic heterocycles. The minimum atomic E-state index is 0.583. The number of rotatable bonds is 3. The highest BCUT2D eigenvalue weighted by atomic mass is 15.3. The summed E-state index contributed by atoms with van der Waals surface area (Å²) >= 11 is 0. The molecule has 96 valence electrons. The molecule has 2 nitrogen and oxygen atoms in total. The summed E-state index contributed by atoms with van der Waals surface area (Å²) in [6, 6.07) is 17.1. The van der Waals surface area contributed by atoms with Gasteiger partial charge in [-0.2, -0.15) is 5.10 Å². The lowest BCUT2D eigenvalue weighted by atomic mass is 10.0. The molecule has 0 amide bonds. The highest BCUT2D eigenvalue weighted by molar-refractivity contribution is 5.78. The average molecular weight is 250 g/mol. The van der Waals surface area contributed by atoms with Gasteiger partial charge in [-0.1, -0.05) is 56.3 Å². The van der Waals surface area contributed by atoms with E-state index in [4.69, 9.17) is 0 Å². The van der Waals surface area contributed by atoms with Gasteiger partial charge in [-0.25, -0.2) is 0 Å². The Bertz CT molecular complexity index is 678. The first kappa shape index (κ1) is 12.0. The van der Waals surface area contributed by atoms with Gasteiger partial charge < -0.3 is 0 Å². The molecule has 0 unspecified atom stereocenters. The van der Waals surface area contributed by atoms with Crippen LogP contribution in [0.5, 0.6) is 0 Å². The molecule has 0 N–H and O–H groups in total. The Labute approximate surface area is 113 Å². The van der Waals surface area contributed by atoms with Gasteiger partial charge in [0.05, 0.1) is 18.3 Å². The largest absolute Gasteiger partial charge is 0.260 e. The first-order valence-corrected chi connectivity index (χ1v) is 6.73. The van der Waals surface area contributed by atoms with E-state index < -0.39 is 0 Å². The van der Waals surface area contributed by atoms with E-state index in [1.807, 2.05) is 12.3 Å². The number of fused-ring (bicyclic) bond motifs is 1. The molecule has 0 saturated heterocycles. The highest BCUT2D eigenvalue weighted by Gasteiger charge is 2.03. The summed E-state index contributed by atoms with van der Waals surface area (Å²) in [4.78, 5) is 0. The summed E-state index contributed by atoms with van der Waals surface area (Å²) in [5.74, 6) is 0.583. The molecule has 0 aliphatic rings. The van der Waals surface area contributed by atoms with Crippen molar-refractivity contribution in [2.24, 2.45) is 0 Å². The van der Waals surface area contributed by atoms with Crippen molar-refractivity contribution in [1.82, 2.24) is 9.78 Å². The summed E-state index contributed by atoms with van der Waals surface area (Å²) in [5, 5.41) is 5.66. The zero-order valence-electron chi connectivity index (χ0n) is 11.4. The smallest absolute Gasteiger partial charge is 0.0686 e. The Morgan fingerprint density at radius 3 is 2.47 bits per heavy atom. The van der Waals surface area contributed by atoms with Gasteiger partial charge in [-0.15, -0.1) is 0 Å². The second-order valence-electron chi connectivity index (χ2n) is 5.26. The molecule has 19 heavy (non-hydrogen) atoms. The van der Waals surface area contributed by atoms with Crippen LogP contribution in [0.2, 0.25) is 0 Å². The topological polar surface area (TPSA) is 17.8 Å². The molecule has 0 saturated carbocycles. The summed E-state index contributed by atoms with van der Waals surface area (Å²) in [7, 11) is 0. The molecule has 0 radical (unpaired) electrons. The van der Waals surface area contributed by atoms with E-state index in [1.54, 1.807) is 0 Å². The van der Waals surface area contributed by atoms with Crippen LogP contribution >= 0.6 is 0 Å². The minimum absolute atomic E-state index is 0.583. The maximum atomic E-state index is 4.46. The van der Waals surface area contributed by atoms with Crippen molar-refractivity contribution in [3.63, 3.8) is 0 Å². The zero-order chi connectivity index (χ0) is 13.2. The third-order valence-electron chi connectivity index (χ3n) is 3.53. The number of hydrogen-bond donors (Lipinski definition) is 0. The van der Waals surface area contributed by atoms with Crippen molar-refractivity contribution in [2.45, 2.75) is 26.3 Å². The van der Waals surface area contributed by atoms with Crippen molar-refractivity contribution in [2.75, 3.05) is 0 Å². The van der Waals surface area contributed by atoms with Gasteiger partial charge in [-0.3, -0.25) is 4.68 Å². The maximum Gasteiger partial charge on any atom is 0.0686 e. The van der Waals surface area contributed by atoms with Crippen molar-refractivity contribution in [3.8, 4) is 0 Å². The molecule has 0 spiro atoms. The molecule has 0 fully saturated rings. The zero-order valence-corrected chi connectivity index (χ0v) is 11.4. The van der Waals surface area contributed by atoms with Crippen LogP contribution in [0, 0.1) is 0 Å². The molecule has 0 bridgehead atoms. The van der Waals surface area contributed by atoms with Crippen LogP contribution in [0.1, 0.15) is 30.9 Å². The quantitative estimate of drug-likeness (QED) is 0.681. The molecular formula is C17H18N2. The number of nitrogens with zero attached hydrogens (tertiary/aromatic N) is 2. The van der Waals surface area contributed by atoms with Crippen LogP contribution in [0.3, 0.4) is 0 Å². The number of benzene rings is 2. The molecule has 2 heteroatoms. The summed E-state index contributed by atoms with van der Waals surface area (Å²) in [6.07, 6.45) is 1.93. The highest BCUT2D eigenvalue weighted by Crippen LogP contribution is 2.17. The normalized spacial score (nSPS) is 11.3. The van der Waals surface area contributed by atoms with E-state index >= 15 is 0 Å². The predicted molar refractivity (Wildman–Crippen MR) is 79.4 cm³/mol. The van der Waals surface area contributed by atoms with E-state index in [0.717, 1.165) is 6.54 Å². The van der Waals surface area contributed by atoms with E-state index in [0.29, 0.717) is 5.92 Å². The van der Waals surface area contributed by atoms with Crippen molar-refractivity contribution in [3.05, 3.63) is 65.9 Å². The second kappa shape index (κ2) is 4.88. The fraction of sp³-hybridized carbons (Fsp3) is 0.235. The predicted octanol–water partition coefficient (Wildman–Crippen LogP) is 4.21. The van der Waals surface area contributed by atoms with Crippen molar-refractivity contribution in [1.29, 1.82) is 0 Å². The van der Waals surface area contributed by atoms with Crippen LogP contribution in [0.25, 0.3) is 10.9 Å².